The molecule has 9 heteroatoms. The molecule has 104 valence electrons. The smallest absolute Gasteiger partial charge is 0.285 e. The summed E-state index contributed by atoms with van der Waals surface area (Å²) in [4.78, 5) is 22.8. The van der Waals surface area contributed by atoms with Crippen molar-refractivity contribution < 1.29 is 9.72 Å². The van der Waals surface area contributed by atoms with E-state index in [9.17, 15) is 14.9 Å². The fraction of sp³-hybridized carbons (Fsp3) is 0. The van der Waals surface area contributed by atoms with E-state index in [1.807, 2.05) is 0 Å². The van der Waals surface area contributed by atoms with Crippen LogP contribution in [0.15, 0.2) is 37.0 Å². The molecule has 0 unspecified atom stereocenters. The van der Waals surface area contributed by atoms with E-state index in [4.69, 9.17) is 0 Å². The quantitative estimate of drug-likeness (QED) is 0.481. The molecule has 20 heavy (non-hydrogen) atoms. The number of benzene rings is 1. The zero-order valence-corrected chi connectivity index (χ0v) is 15.1. The number of hydrogen-bond donors (Lipinski definition) is 1. The van der Waals surface area contributed by atoms with Crippen molar-refractivity contribution in [2.75, 3.05) is 5.32 Å². The molecule has 0 spiro atoms. The van der Waals surface area contributed by atoms with Crippen molar-refractivity contribution in [3.05, 3.63) is 52.0 Å². The van der Waals surface area contributed by atoms with Gasteiger partial charge in [-0.3, -0.25) is 14.9 Å². The summed E-state index contributed by atoms with van der Waals surface area (Å²) in [6.45, 7) is 0. The molecule has 0 saturated carbocycles. The highest BCUT2D eigenvalue weighted by Gasteiger charge is 2.16. The minimum absolute atomic E-state index is 0.101. The van der Waals surface area contributed by atoms with Crippen molar-refractivity contribution in [2.45, 2.75) is 0 Å². The maximum absolute atomic E-state index is 12.0. The van der Waals surface area contributed by atoms with Crippen LogP contribution in [0.2, 0.25) is 0 Å². The van der Waals surface area contributed by atoms with E-state index < -0.39 is 4.92 Å². The Bertz CT molecular complexity index is 683. The van der Waals surface area contributed by atoms with Gasteiger partial charge >= 0.3 is 0 Å². The zero-order valence-electron chi connectivity index (χ0n) is 9.52. The summed E-state index contributed by atoms with van der Waals surface area (Å²) < 4.78 is 1.96. The predicted octanol–water partition coefficient (Wildman–Crippen LogP) is 5.20. The van der Waals surface area contributed by atoms with E-state index in [0.717, 1.165) is 8.26 Å². The van der Waals surface area contributed by atoms with Crippen LogP contribution >= 0.6 is 59.1 Å². The summed E-state index contributed by atoms with van der Waals surface area (Å²) in [5.74, 6) is -0.321. The first kappa shape index (κ1) is 15.6. The highest BCUT2D eigenvalue weighted by molar-refractivity contribution is 9.13. The normalized spacial score (nSPS) is 10.3. The Kier molecular flexibility index (Phi) is 4.95. The number of carbonyl (C=O) groups excluding carboxylic acids is 1. The topological polar surface area (TPSA) is 72.2 Å². The number of thiophene rings is 1. The number of anilines is 1. The molecule has 0 aliphatic heterocycles. The van der Waals surface area contributed by atoms with Gasteiger partial charge in [-0.05, 0) is 66.0 Å². The summed E-state index contributed by atoms with van der Waals surface area (Å²) in [5, 5.41) is 13.5. The first-order valence-corrected chi connectivity index (χ1v) is 8.28. The predicted molar refractivity (Wildman–Crippen MR) is 88.5 cm³/mol. The summed E-state index contributed by atoms with van der Waals surface area (Å²) in [6, 6.07) is 6.09. The largest absolute Gasteiger partial charge is 0.321 e. The van der Waals surface area contributed by atoms with Crippen LogP contribution in [-0.4, -0.2) is 10.8 Å². The number of nitro benzene ring substituents is 1. The Morgan fingerprint density at radius 2 is 1.90 bits per heavy atom. The number of rotatable bonds is 3. The Hall–Kier alpha value is -0.770. The lowest BCUT2D eigenvalue weighted by atomic mass is 10.2. The maximum atomic E-state index is 12.0. The van der Waals surface area contributed by atoms with Crippen molar-refractivity contribution in [3.8, 4) is 0 Å². The second-order valence-corrected chi connectivity index (χ2v) is 7.69. The summed E-state index contributed by atoms with van der Waals surface area (Å²) in [6.07, 6.45) is 0. The van der Waals surface area contributed by atoms with Gasteiger partial charge in [-0.2, -0.15) is 0 Å². The number of carbonyl (C=O) groups is 1. The van der Waals surface area contributed by atoms with Crippen LogP contribution < -0.4 is 5.32 Å². The van der Waals surface area contributed by atoms with Gasteiger partial charge in [-0.25, -0.2) is 0 Å². The summed E-state index contributed by atoms with van der Waals surface area (Å²) >= 11 is 11.0. The van der Waals surface area contributed by atoms with Gasteiger partial charge in [-0.15, -0.1) is 11.3 Å². The number of hydrogen-bond acceptors (Lipinski definition) is 4. The van der Waals surface area contributed by atoms with Crippen molar-refractivity contribution in [1.82, 2.24) is 0 Å². The zero-order chi connectivity index (χ0) is 14.9. The van der Waals surface area contributed by atoms with E-state index in [-0.39, 0.29) is 11.6 Å². The monoisotopic (exact) mass is 482 g/mol. The molecule has 0 fully saturated rings. The Balaban J connectivity index is 2.24. The average molecular weight is 485 g/mol. The molecule has 2 rings (SSSR count). The SMILES string of the molecule is O=C(Nc1ccc(Br)c([N+](=O)[O-])c1)c1cc(Br)c(Br)s1. The fourth-order valence-corrected chi connectivity index (χ4v) is 3.70. The molecule has 0 aliphatic carbocycles. The van der Waals surface area contributed by atoms with Gasteiger partial charge in [0.15, 0.2) is 0 Å². The Morgan fingerprint density at radius 3 is 2.45 bits per heavy atom. The third kappa shape index (κ3) is 3.46. The van der Waals surface area contributed by atoms with Crippen LogP contribution in [0.5, 0.6) is 0 Å². The average Bonchev–Trinajstić information content (AvgIpc) is 2.72. The third-order valence-electron chi connectivity index (χ3n) is 2.27. The Labute approximate surface area is 142 Å². The molecule has 0 aliphatic rings. The number of nitro groups is 1. The van der Waals surface area contributed by atoms with Crippen molar-refractivity contribution in [1.29, 1.82) is 0 Å². The summed E-state index contributed by atoms with van der Waals surface area (Å²) in [7, 11) is 0. The second kappa shape index (κ2) is 6.33. The molecule has 5 nitrogen and oxygen atoms in total. The molecular weight excluding hydrogens is 480 g/mol. The van der Waals surface area contributed by atoms with Crippen LogP contribution in [0.1, 0.15) is 9.67 Å². The highest BCUT2D eigenvalue weighted by Crippen LogP contribution is 2.33. The third-order valence-corrected chi connectivity index (χ3v) is 6.20. The van der Waals surface area contributed by atoms with Gasteiger partial charge < -0.3 is 5.32 Å². The van der Waals surface area contributed by atoms with Gasteiger partial charge in [0.05, 0.1) is 18.1 Å². The lowest BCUT2D eigenvalue weighted by Crippen LogP contribution is -2.10. The van der Waals surface area contributed by atoms with Crippen LogP contribution in [-0.2, 0) is 0 Å². The van der Waals surface area contributed by atoms with Crippen LogP contribution in [0.25, 0.3) is 0 Å². The van der Waals surface area contributed by atoms with Gasteiger partial charge in [0.25, 0.3) is 11.6 Å². The van der Waals surface area contributed by atoms with E-state index in [1.54, 1.807) is 12.1 Å². The highest BCUT2D eigenvalue weighted by atomic mass is 79.9. The minimum Gasteiger partial charge on any atom is -0.321 e. The first-order chi connectivity index (χ1) is 9.38. The fourth-order valence-electron chi connectivity index (χ4n) is 1.38. The first-order valence-electron chi connectivity index (χ1n) is 5.08. The molecule has 0 bridgehead atoms. The molecular formula is C11H5Br3N2O3S. The van der Waals surface area contributed by atoms with Crippen molar-refractivity contribution >= 4 is 76.4 Å². The number of halogens is 3. The summed E-state index contributed by atoms with van der Waals surface area (Å²) in [5.41, 5.74) is 0.266. The molecule has 1 aromatic carbocycles. The van der Waals surface area contributed by atoms with Crippen LogP contribution in [0, 0.1) is 10.1 Å². The van der Waals surface area contributed by atoms with E-state index >= 15 is 0 Å². The number of nitrogens with one attached hydrogen (secondary N) is 1. The molecule has 1 heterocycles. The van der Waals surface area contributed by atoms with Gasteiger partial charge in [0.1, 0.15) is 0 Å². The molecule has 1 aromatic heterocycles. The van der Waals surface area contributed by atoms with E-state index in [1.165, 1.54) is 23.5 Å². The van der Waals surface area contributed by atoms with Crippen LogP contribution in [0.3, 0.4) is 0 Å². The molecule has 2 aromatic rings. The molecule has 1 N–H and O–H groups in total. The van der Waals surface area contributed by atoms with Crippen LogP contribution in [0.4, 0.5) is 11.4 Å². The molecule has 1 amide bonds. The number of amides is 1. The van der Waals surface area contributed by atoms with E-state index in [2.05, 4.69) is 53.1 Å². The van der Waals surface area contributed by atoms with Crippen molar-refractivity contribution in [2.24, 2.45) is 0 Å². The number of nitrogens with zero attached hydrogens (tertiary/aromatic N) is 1. The van der Waals surface area contributed by atoms with E-state index in [0.29, 0.717) is 15.0 Å². The standard InChI is InChI=1S/C11H5Br3N2O3S/c12-6-2-1-5(3-8(6)16(18)19)15-11(17)9-4-7(13)10(14)20-9/h1-4H,(H,15,17). The second-order valence-electron chi connectivity index (χ2n) is 3.61. The lowest BCUT2D eigenvalue weighted by molar-refractivity contribution is -0.385. The molecule has 0 atom stereocenters. The maximum Gasteiger partial charge on any atom is 0.285 e. The van der Waals surface area contributed by atoms with Gasteiger partial charge in [0, 0.05) is 16.2 Å². The Morgan fingerprint density at radius 1 is 1.20 bits per heavy atom. The molecule has 0 saturated heterocycles. The minimum atomic E-state index is -0.516. The van der Waals surface area contributed by atoms with Gasteiger partial charge in [0.2, 0.25) is 0 Å². The van der Waals surface area contributed by atoms with Crippen molar-refractivity contribution in [3.63, 3.8) is 0 Å². The lowest BCUT2D eigenvalue weighted by Gasteiger charge is -2.04. The molecule has 0 radical (unpaired) electrons. The van der Waals surface area contributed by atoms with Gasteiger partial charge in [-0.1, -0.05) is 0 Å².